The van der Waals surface area contributed by atoms with Crippen molar-refractivity contribution in [2.24, 2.45) is 0 Å². The molecule has 156 valence electrons. The molecule has 2 aliphatic heterocycles. The van der Waals surface area contributed by atoms with E-state index in [-0.39, 0.29) is 5.91 Å². The summed E-state index contributed by atoms with van der Waals surface area (Å²) in [4.78, 5) is 28.4. The van der Waals surface area contributed by atoms with Crippen LogP contribution in [-0.4, -0.2) is 80.8 Å². The Morgan fingerprint density at radius 2 is 1.83 bits per heavy atom. The molecular weight excluding hydrogens is 366 g/mol. The minimum absolute atomic E-state index is 0.275. The van der Waals surface area contributed by atoms with Crippen molar-refractivity contribution in [3.05, 3.63) is 29.8 Å². The minimum atomic E-state index is 0.275. The maximum absolute atomic E-state index is 12.7. The van der Waals surface area contributed by atoms with E-state index in [1.807, 2.05) is 30.8 Å². The molecular formula is C21H31N7O. The Hall–Kier alpha value is -2.48. The molecule has 4 heterocycles. The summed E-state index contributed by atoms with van der Waals surface area (Å²) in [6.07, 6.45) is 7.06. The molecule has 0 saturated carbocycles. The number of likely N-dealkylation sites (tertiary alicyclic amines) is 1. The quantitative estimate of drug-likeness (QED) is 0.784. The summed E-state index contributed by atoms with van der Waals surface area (Å²) in [6, 6.07) is 2.41. The largest absolute Gasteiger partial charge is 0.353 e. The summed E-state index contributed by atoms with van der Waals surface area (Å²) in [7, 11) is 0. The van der Waals surface area contributed by atoms with Crippen LogP contribution in [0.15, 0.2) is 18.5 Å². The van der Waals surface area contributed by atoms with Crippen LogP contribution in [0.3, 0.4) is 0 Å². The van der Waals surface area contributed by atoms with Crippen LogP contribution in [0.4, 0.5) is 5.82 Å². The average Bonchev–Trinajstić information content (AvgIpc) is 3.07. The van der Waals surface area contributed by atoms with Gasteiger partial charge in [-0.3, -0.25) is 14.7 Å². The van der Waals surface area contributed by atoms with Crippen molar-refractivity contribution < 1.29 is 4.79 Å². The number of carbonyl (C=O) groups is 1. The highest BCUT2D eigenvalue weighted by Crippen LogP contribution is 2.18. The summed E-state index contributed by atoms with van der Waals surface area (Å²) < 4.78 is 1.83. The van der Waals surface area contributed by atoms with Gasteiger partial charge in [-0.2, -0.15) is 5.10 Å². The van der Waals surface area contributed by atoms with E-state index < -0.39 is 0 Å². The first-order valence-corrected chi connectivity index (χ1v) is 10.6. The normalized spacial score (nSPS) is 20.9. The van der Waals surface area contributed by atoms with Gasteiger partial charge in [0.15, 0.2) is 5.82 Å². The fourth-order valence-electron chi connectivity index (χ4n) is 4.35. The van der Waals surface area contributed by atoms with Gasteiger partial charge in [0.2, 0.25) is 5.91 Å². The predicted molar refractivity (Wildman–Crippen MR) is 112 cm³/mol. The molecule has 2 saturated heterocycles. The lowest BCUT2D eigenvalue weighted by Gasteiger charge is -2.38. The molecule has 2 fully saturated rings. The summed E-state index contributed by atoms with van der Waals surface area (Å²) >= 11 is 0. The highest BCUT2D eigenvalue weighted by molar-refractivity contribution is 5.78. The van der Waals surface area contributed by atoms with Crippen LogP contribution in [0, 0.1) is 13.8 Å². The zero-order chi connectivity index (χ0) is 20.4. The molecule has 0 N–H and O–H groups in total. The molecule has 4 rings (SSSR count). The fraction of sp³-hybridized carbons (Fsp3) is 0.619. The smallest absolute Gasteiger partial charge is 0.236 e. The monoisotopic (exact) mass is 397 g/mol. The molecule has 1 unspecified atom stereocenters. The molecule has 0 bridgehead atoms. The maximum Gasteiger partial charge on any atom is 0.236 e. The molecule has 2 aromatic rings. The molecule has 8 heteroatoms. The lowest BCUT2D eigenvalue weighted by Crippen LogP contribution is -2.52. The molecule has 1 amide bonds. The van der Waals surface area contributed by atoms with Crippen LogP contribution in [0.1, 0.15) is 37.6 Å². The Balaban J connectivity index is 1.35. The topological polar surface area (TPSA) is 70.4 Å². The molecule has 29 heavy (non-hydrogen) atoms. The summed E-state index contributed by atoms with van der Waals surface area (Å²) in [6.45, 7) is 11.0. The van der Waals surface area contributed by atoms with Gasteiger partial charge in [-0.25, -0.2) is 9.67 Å². The van der Waals surface area contributed by atoms with E-state index in [1.54, 1.807) is 6.20 Å². The number of piperazine rings is 1. The van der Waals surface area contributed by atoms with Crippen molar-refractivity contribution in [2.75, 3.05) is 44.2 Å². The van der Waals surface area contributed by atoms with Gasteiger partial charge in [-0.05, 0) is 46.1 Å². The van der Waals surface area contributed by atoms with E-state index in [0.29, 0.717) is 12.6 Å². The second-order valence-electron chi connectivity index (χ2n) is 8.27. The maximum atomic E-state index is 12.7. The lowest BCUT2D eigenvalue weighted by atomic mass is 10.0. The van der Waals surface area contributed by atoms with Crippen LogP contribution in [-0.2, 0) is 4.79 Å². The molecule has 0 spiro atoms. The Bertz CT molecular complexity index is 856. The predicted octanol–water partition coefficient (Wildman–Crippen LogP) is 1.80. The first kappa shape index (κ1) is 19.8. The number of hydrogen-bond donors (Lipinski definition) is 0. The van der Waals surface area contributed by atoms with Gasteiger partial charge in [0.1, 0.15) is 5.82 Å². The van der Waals surface area contributed by atoms with E-state index in [1.165, 1.54) is 6.42 Å². The molecule has 0 aliphatic carbocycles. The van der Waals surface area contributed by atoms with E-state index in [4.69, 9.17) is 4.98 Å². The van der Waals surface area contributed by atoms with Crippen molar-refractivity contribution in [3.8, 4) is 5.82 Å². The van der Waals surface area contributed by atoms with Gasteiger partial charge in [0.05, 0.1) is 24.6 Å². The number of rotatable bonds is 4. The van der Waals surface area contributed by atoms with Gasteiger partial charge in [0.25, 0.3) is 0 Å². The Labute approximate surface area is 172 Å². The van der Waals surface area contributed by atoms with Crippen molar-refractivity contribution >= 4 is 11.7 Å². The first-order valence-electron chi connectivity index (χ1n) is 10.6. The second kappa shape index (κ2) is 8.49. The Kier molecular flexibility index (Phi) is 5.80. The molecule has 2 aromatic heterocycles. The number of carbonyl (C=O) groups excluding carboxylic acids is 1. The second-order valence-corrected chi connectivity index (χ2v) is 8.27. The molecule has 0 radical (unpaired) electrons. The number of anilines is 1. The Morgan fingerprint density at radius 1 is 1.07 bits per heavy atom. The minimum Gasteiger partial charge on any atom is -0.353 e. The summed E-state index contributed by atoms with van der Waals surface area (Å²) in [5, 5.41) is 4.51. The average molecular weight is 398 g/mol. The zero-order valence-corrected chi connectivity index (χ0v) is 17.7. The number of hydrogen-bond acceptors (Lipinski definition) is 6. The van der Waals surface area contributed by atoms with Gasteiger partial charge < -0.3 is 9.80 Å². The van der Waals surface area contributed by atoms with E-state index in [0.717, 1.165) is 68.6 Å². The number of nitrogens with zero attached hydrogens (tertiary/aromatic N) is 7. The number of aryl methyl sites for hydroxylation is 2. The van der Waals surface area contributed by atoms with Crippen LogP contribution >= 0.6 is 0 Å². The van der Waals surface area contributed by atoms with Gasteiger partial charge in [-0.1, -0.05) is 0 Å². The van der Waals surface area contributed by atoms with Gasteiger partial charge in [0, 0.05) is 44.5 Å². The van der Waals surface area contributed by atoms with Crippen molar-refractivity contribution in [1.29, 1.82) is 0 Å². The van der Waals surface area contributed by atoms with E-state index >= 15 is 0 Å². The third kappa shape index (κ3) is 4.42. The molecule has 8 nitrogen and oxygen atoms in total. The number of aromatic nitrogens is 4. The summed E-state index contributed by atoms with van der Waals surface area (Å²) in [5.74, 6) is 1.88. The van der Waals surface area contributed by atoms with Crippen molar-refractivity contribution in [2.45, 2.75) is 46.1 Å². The van der Waals surface area contributed by atoms with Crippen molar-refractivity contribution in [3.63, 3.8) is 0 Å². The van der Waals surface area contributed by atoms with Crippen LogP contribution in [0.2, 0.25) is 0 Å². The standard InChI is InChI=1S/C21H31N7O/c1-16-12-18(3)28(24-16)20-14-22-13-19(23-20)26-10-8-25(9-11-26)15-21(29)27-7-5-4-6-17(27)2/h12-14,17H,4-11,15H2,1-3H3. The number of piperidine rings is 1. The van der Waals surface area contributed by atoms with Crippen molar-refractivity contribution in [1.82, 2.24) is 29.5 Å². The third-order valence-corrected chi connectivity index (χ3v) is 6.01. The SMILES string of the molecule is Cc1cc(C)n(-c2cncc(N3CCN(CC(=O)N4CCCCC4C)CC3)n2)n1. The first-order chi connectivity index (χ1) is 14.0. The lowest BCUT2D eigenvalue weighted by molar-refractivity contribution is -0.135. The number of amides is 1. The van der Waals surface area contributed by atoms with Crippen LogP contribution in [0.5, 0.6) is 0 Å². The van der Waals surface area contributed by atoms with Crippen LogP contribution < -0.4 is 4.90 Å². The highest BCUT2D eigenvalue weighted by Gasteiger charge is 2.26. The van der Waals surface area contributed by atoms with E-state index in [2.05, 4.69) is 31.7 Å². The third-order valence-electron chi connectivity index (χ3n) is 6.01. The molecule has 2 aliphatic rings. The summed E-state index contributed by atoms with van der Waals surface area (Å²) in [5.41, 5.74) is 2.01. The van der Waals surface area contributed by atoms with Gasteiger partial charge >= 0.3 is 0 Å². The molecule has 0 aromatic carbocycles. The van der Waals surface area contributed by atoms with E-state index in [9.17, 15) is 4.79 Å². The fourth-order valence-corrected chi connectivity index (χ4v) is 4.35. The van der Waals surface area contributed by atoms with Crippen LogP contribution in [0.25, 0.3) is 5.82 Å². The molecule has 1 atom stereocenters. The zero-order valence-electron chi connectivity index (χ0n) is 17.7. The van der Waals surface area contributed by atoms with Gasteiger partial charge in [-0.15, -0.1) is 0 Å². The Morgan fingerprint density at radius 3 is 2.52 bits per heavy atom. The highest BCUT2D eigenvalue weighted by atomic mass is 16.2.